The van der Waals surface area contributed by atoms with Crippen LogP contribution in [0, 0.1) is 0 Å². The van der Waals surface area contributed by atoms with Gasteiger partial charge in [-0.05, 0) is 18.4 Å². The van der Waals surface area contributed by atoms with Gasteiger partial charge in [0.1, 0.15) is 6.04 Å². The molecule has 0 radical (unpaired) electrons. The van der Waals surface area contributed by atoms with Crippen LogP contribution in [-0.2, 0) is 4.79 Å². The van der Waals surface area contributed by atoms with Gasteiger partial charge in [0.05, 0.1) is 0 Å². The first kappa shape index (κ1) is 13.4. The fraction of sp³-hybridized carbons (Fsp3) is 0.800. The zero-order valence-electron chi connectivity index (χ0n) is 5.33. The van der Waals surface area contributed by atoms with Crippen molar-refractivity contribution in [1.82, 2.24) is 0 Å². The van der Waals surface area contributed by atoms with E-state index in [1.165, 1.54) is 0 Å². The molecule has 0 heterocycles. The summed E-state index contributed by atoms with van der Waals surface area (Å²) in [5, 5.41) is 8.27. The fourth-order valence-electron chi connectivity index (χ4n) is 0.368. The van der Waals surface area contributed by atoms with Crippen molar-refractivity contribution in [2.45, 2.75) is 12.5 Å². The van der Waals surface area contributed by atoms with Crippen LogP contribution in [-0.4, -0.2) is 58.7 Å². The summed E-state index contributed by atoms with van der Waals surface area (Å²) in [4.78, 5) is 10.1. The molecule has 10 heavy (non-hydrogen) atoms. The van der Waals surface area contributed by atoms with E-state index in [-0.39, 0.29) is 29.6 Å². The van der Waals surface area contributed by atoms with Gasteiger partial charge in [-0.1, -0.05) is 0 Å². The second-order valence-electron chi connectivity index (χ2n) is 1.73. The van der Waals surface area contributed by atoms with Crippen LogP contribution >= 0.6 is 11.8 Å². The molecule has 0 saturated carbocycles. The van der Waals surface area contributed by atoms with E-state index < -0.39 is 12.0 Å². The maximum absolute atomic E-state index is 10.1. The normalized spacial score (nSPS) is 11.8. The SMILES string of the molecule is CSCC[C@H](N)C(=O)O.[NaH]. The van der Waals surface area contributed by atoms with Crippen molar-refractivity contribution >= 4 is 47.3 Å². The Kier molecular flexibility index (Phi) is 10.5. The van der Waals surface area contributed by atoms with Gasteiger partial charge in [-0.25, -0.2) is 0 Å². The monoisotopic (exact) mass is 173 g/mol. The number of carboxylic acids is 1. The van der Waals surface area contributed by atoms with Gasteiger partial charge in [-0.2, -0.15) is 11.8 Å². The Balaban J connectivity index is 0. The first-order valence-electron chi connectivity index (χ1n) is 2.65. The van der Waals surface area contributed by atoms with E-state index in [0.29, 0.717) is 6.42 Å². The zero-order valence-corrected chi connectivity index (χ0v) is 6.15. The molecule has 0 rings (SSSR count). The molecular formula is C5H12NNaO2S. The first-order valence-corrected chi connectivity index (χ1v) is 4.05. The van der Waals surface area contributed by atoms with Crippen molar-refractivity contribution in [3.05, 3.63) is 0 Å². The number of hydrogen-bond donors (Lipinski definition) is 2. The average molecular weight is 173 g/mol. The average Bonchev–Trinajstić information content (AvgIpc) is 1.82. The van der Waals surface area contributed by atoms with Gasteiger partial charge in [0, 0.05) is 0 Å². The summed E-state index contributed by atoms with van der Waals surface area (Å²) < 4.78 is 0. The third-order valence-corrected chi connectivity index (χ3v) is 1.59. The van der Waals surface area contributed by atoms with Crippen molar-refractivity contribution in [1.29, 1.82) is 0 Å². The van der Waals surface area contributed by atoms with Crippen LogP contribution in [0.4, 0.5) is 0 Å². The second-order valence-corrected chi connectivity index (χ2v) is 2.71. The van der Waals surface area contributed by atoms with Gasteiger partial charge in [0.2, 0.25) is 0 Å². The minimum atomic E-state index is -0.913. The number of carboxylic acid groups (broad SMARTS) is 1. The van der Waals surface area contributed by atoms with Crippen LogP contribution in [0.5, 0.6) is 0 Å². The van der Waals surface area contributed by atoms with E-state index in [0.717, 1.165) is 5.75 Å². The molecule has 0 aromatic carbocycles. The van der Waals surface area contributed by atoms with Crippen LogP contribution in [0.25, 0.3) is 0 Å². The molecule has 0 fully saturated rings. The second kappa shape index (κ2) is 7.88. The van der Waals surface area contributed by atoms with E-state index in [4.69, 9.17) is 10.8 Å². The molecule has 3 nitrogen and oxygen atoms in total. The van der Waals surface area contributed by atoms with Crippen LogP contribution in [0.1, 0.15) is 6.42 Å². The van der Waals surface area contributed by atoms with E-state index >= 15 is 0 Å². The molecule has 0 aromatic heterocycles. The Bertz CT molecular complexity index is 102. The van der Waals surface area contributed by atoms with Crippen LogP contribution in [0.15, 0.2) is 0 Å². The third kappa shape index (κ3) is 6.89. The molecule has 0 aliphatic carbocycles. The van der Waals surface area contributed by atoms with Gasteiger partial charge < -0.3 is 10.8 Å². The molecule has 5 heteroatoms. The molecule has 0 aliphatic rings. The summed E-state index contributed by atoms with van der Waals surface area (Å²) in [6, 6.07) is -0.683. The molecule has 0 spiro atoms. The van der Waals surface area contributed by atoms with E-state index in [2.05, 4.69) is 0 Å². The van der Waals surface area contributed by atoms with Crippen molar-refractivity contribution < 1.29 is 9.90 Å². The Morgan fingerprint density at radius 1 is 1.80 bits per heavy atom. The minimum absolute atomic E-state index is 0. The topological polar surface area (TPSA) is 63.3 Å². The van der Waals surface area contributed by atoms with Gasteiger partial charge in [-0.3, -0.25) is 4.79 Å². The van der Waals surface area contributed by atoms with Crippen molar-refractivity contribution in [3.8, 4) is 0 Å². The summed E-state index contributed by atoms with van der Waals surface area (Å²) in [6.07, 6.45) is 2.48. The summed E-state index contributed by atoms with van der Waals surface area (Å²) >= 11 is 1.60. The van der Waals surface area contributed by atoms with Gasteiger partial charge >= 0.3 is 35.5 Å². The number of carbonyl (C=O) groups is 1. The van der Waals surface area contributed by atoms with Crippen molar-refractivity contribution in [3.63, 3.8) is 0 Å². The third-order valence-electron chi connectivity index (χ3n) is 0.950. The number of thioether (sulfide) groups is 1. The quantitative estimate of drug-likeness (QED) is 0.563. The summed E-state index contributed by atoms with van der Waals surface area (Å²) in [6.45, 7) is 0. The van der Waals surface area contributed by atoms with Crippen molar-refractivity contribution in [2.24, 2.45) is 5.73 Å². The molecule has 3 N–H and O–H groups in total. The molecule has 1 atom stereocenters. The summed E-state index contributed by atoms with van der Waals surface area (Å²) in [5.74, 6) is -0.1000. The predicted octanol–water partition coefficient (Wildman–Crippen LogP) is -0.497. The molecule has 0 amide bonds. The van der Waals surface area contributed by atoms with Crippen LogP contribution < -0.4 is 5.73 Å². The fourth-order valence-corrected chi connectivity index (χ4v) is 0.858. The molecule has 0 aromatic rings. The summed E-state index contributed by atoms with van der Waals surface area (Å²) in [7, 11) is 0. The Labute approximate surface area is 87.0 Å². The Morgan fingerprint density at radius 2 is 2.30 bits per heavy atom. The van der Waals surface area contributed by atoms with E-state index in [1.54, 1.807) is 11.8 Å². The number of nitrogens with two attached hydrogens (primary N) is 1. The standard InChI is InChI=1S/C5H11NO2S.Na.H/c1-9-3-2-4(6)5(7)8;;/h4H,2-3,6H2,1H3,(H,7,8);;/t4-;;/m0../s1. The molecular weight excluding hydrogens is 161 g/mol. The molecule has 0 saturated heterocycles. The van der Waals surface area contributed by atoms with E-state index in [1.807, 2.05) is 6.26 Å². The van der Waals surface area contributed by atoms with Gasteiger partial charge in [0.15, 0.2) is 0 Å². The maximum atomic E-state index is 10.1. The van der Waals surface area contributed by atoms with E-state index in [9.17, 15) is 4.79 Å². The molecule has 0 bridgehead atoms. The predicted molar refractivity (Wildman–Crippen MR) is 45.8 cm³/mol. The van der Waals surface area contributed by atoms with Crippen LogP contribution in [0.2, 0.25) is 0 Å². The number of rotatable bonds is 4. The van der Waals surface area contributed by atoms with Gasteiger partial charge in [-0.15, -0.1) is 0 Å². The molecule has 0 unspecified atom stereocenters. The van der Waals surface area contributed by atoms with Crippen molar-refractivity contribution in [2.75, 3.05) is 12.0 Å². The van der Waals surface area contributed by atoms with Gasteiger partial charge in [0.25, 0.3) is 0 Å². The zero-order chi connectivity index (χ0) is 7.28. The number of hydrogen-bond acceptors (Lipinski definition) is 3. The first-order chi connectivity index (χ1) is 4.18. The molecule has 56 valence electrons. The Morgan fingerprint density at radius 3 is 2.60 bits per heavy atom. The van der Waals surface area contributed by atoms with Crippen LogP contribution in [0.3, 0.4) is 0 Å². The summed E-state index contributed by atoms with van der Waals surface area (Å²) in [5.41, 5.74) is 5.19. The number of aliphatic carboxylic acids is 1. The Hall–Kier alpha value is 0.780. The molecule has 0 aliphatic heterocycles.